The average molecular weight is 463 g/mol. The molecule has 0 spiro atoms. The molecule has 1 heterocycles. The number of aromatic nitrogens is 2. The summed E-state index contributed by atoms with van der Waals surface area (Å²) in [7, 11) is -3.77. The van der Waals surface area contributed by atoms with Crippen LogP contribution >= 0.6 is 11.6 Å². The molecule has 0 unspecified atom stereocenters. The van der Waals surface area contributed by atoms with E-state index in [1.165, 1.54) is 29.1 Å². The van der Waals surface area contributed by atoms with E-state index in [1.54, 1.807) is 36.4 Å². The quantitative estimate of drug-likeness (QED) is 0.509. The van der Waals surface area contributed by atoms with Gasteiger partial charge in [0.25, 0.3) is 0 Å². The molecule has 0 aliphatic rings. The third kappa shape index (κ3) is 5.91. The van der Waals surface area contributed by atoms with Crippen LogP contribution in [0.4, 0.5) is 5.69 Å². The first-order chi connectivity index (χ1) is 14.6. The molecule has 9 nitrogen and oxygen atoms in total. The molecule has 0 aliphatic carbocycles. The Bertz CT molecular complexity index is 1310. The van der Waals surface area contributed by atoms with Gasteiger partial charge in [-0.15, -0.1) is 0 Å². The monoisotopic (exact) mass is 462 g/mol. The summed E-state index contributed by atoms with van der Waals surface area (Å²) in [5, 5.41) is 8.21. The number of hydrogen-bond acceptors (Lipinski definition) is 5. The van der Waals surface area contributed by atoms with Crippen molar-refractivity contribution in [1.82, 2.24) is 9.13 Å². The molecular formula is C20H19ClN4O5S. The molecule has 162 valence electrons. The Hall–Kier alpha value is -3.21. The normalized spacial score (nSPS) is 11.3. The van der Waals surface area contributed by atoms with Crippen LogP contribution in [0.3, 0.4) is 0 Å². The highest BCUT2D eigenvalue weighted by Crippen LogP contribution is 2.13. The number of rotatable bonds is 7. The maximum Gasteiger partial charge on any atom is 0.316 e. The predicted molar refractivity (Wildman–Crippen MR) is 117 cm³/mol. The molecule has 0 fully saturated rings. The summed E-state index contributed by atoms with van der Waals surface area (Å²) in [5.41, 5.74) is -0.295. The standard InChI is InChI=1S/C20H19ClN4O5S/c21-15-3-5-16(6-4-15)23-18(26)13-25-12-11-24(19(27)20(25)28)10-9-14-1-7-17(8-2-14)31(22,29)30/h1-8,11-12H,9-10,13H2,(H,23,26)(H2,22,29,30). The minimum Gasteiger partial charge on any atom is -0.325 e. The van der Waals surface area contributed by atoms with Crippen LogP contribution in [0, 0.1) is 0 Å². The minimum absolute atomic E-state index is 0.00658. The van der Waals surface area contributed by atoms with Crippen LogP contribution in [0.1, 0.15) is 5.56 Å². The maximum atomic E-state index is 12.4. The fraction of sp³-hybridized carbons (Fsp3) is 0.150. The Kier molecular flexibility index (Phi) is 6.74. The van der Waals surface area contributed by atoms with Crippen LogP contribution in [0.25, 0.3) is 0 Å². The number of amides is 1. The van der Waals surface area contributed by atoms with Gasteiger partial charge in [-0.25, -0.2) is 13.6 Å². The van der Waals surface area contributed by atoms with E-state index in [2.05, 4.69) is 5.32 Å². The zero-order valence-corrected chi connectivity index (χ0v) is 17.8. The van der Waals surface area contributed by atoms with Gasteiger partial charge in [0.15, 0.2) is 0 Å². The first-order valence-electron chi connectivity index (χ1n) is 9.10. The van der Waals surface area contributed by atoms with Crippen molar-refractivity contribution in [3.8, 4) is 0 Å². The van der Waals surface area contributed by atoms with Crippen molar-refractivity contribution in [2.24, 2.45) is 5.14 Å². The van der Waals surface area contributed by atoms with Crippen LogP contribution in [-0.2, 0) is 34.3 Å². The van der Waals surface area contributed by atoms with Crippen molar-refractivity contribution >= 4 is 33.2 Å². The number of nitrogens with zero attached hydrogens (tertiary/aromatic N) is 2. The molecular weight excluding hydrogens is 444 g/mol. The van der Waals surface area contributed by atoms with E-state index in [0.29, 0.717) is 17.1 Å². The molecule has 3 aromatic rings. The van der Waals surface area contributed by atoms with Gasteiger partial charge in [0, 0.05) is 29.6 Å². The predicted octanol–water partition coefficient (Wildman–Crippen LogP) is 1.19. The van der Waals surface area contributed by atoms with Crippen molar-refractivity contribution in [3.63, 3.8) is 0 Å². The topological polar surface area (TPSA) is 133 Å². The van der Waals surface area contributed by atoms with Crippen molar-refractivity contribution in [3.05, 3.63) is 92.2 Å². The van der Waals surface area contributed by atoms with Crippen LogP contribution in [0.15, 0.2) is 75.4 Å². The lowest BCUT2D eigenvalue weighted by Gasteiger charge is -2.10. The molecule has 0 atom stereocenters. The Morgan fingerprint density at radius 1 is 0.935 bits per heavy atom. The molecule has 3 rings (SSSR count). The molecule has 3 N–H and O–H groups in total. The lowest BCUT2D eigenvalue weighted by atomic mass is 10.1. The van der Waals surface area contributed by atoms with Gasteiger partial charge in [-0.1, -0.05) is 23.7 Å². The number of hydrogen-bond donors (Lipinski definition) is 2. The largest absolute Gasteiger partial charge is 0.325 e. The van der Waals surface area contributed by atoms with E-state index in [4.69, 9.17) is 16.7 Å². The van der Waals surface area contributed by atoms with Crippen molar-refractivity contribution in [2.45, 2.75) is 24.4 Å². The number of nitrogens with two attached hydrogens (primary N) is 1. The van der Waals surface area contributed by atoms with Gasteiger partial charge in [0.1, 0.15) is 6.54 Å². The second kappa shape index (κ2) is 9.29. The lowest BCUT2D eigenvalue weighted by molar-refractivity contribution is -0.116. The van der Waals surface area contributed by atoms with Crippen molar-refractivity contribution in [1.29, 1.82) is 0 Å². The summed E-state index contributed by atoms with van der Waals surface area (Å²) in [5.74, 6) is -0.462. The number of aryl methyl sites for hydroxylation is 2. The van der Waals surface area contributed by atoms with Crippen LogP contribution in [0.2, 0.25) is 5.02 Å². The molecule has 2 aromatic carbocycles. The van der Waals surface area contributed by atoms with Gasteiger partial charge < -0.3 is 9.88 Å². The number of benzene rings is 2. The molecule has 31 heavy (non-hydrogen) atoms. The summed E-state index contributed by atoms with van der Waals surface area (Å²) in [6.07, 6.45) is 3.19. The van der Waals surface area contributed by atoms with Gasteiger partial charge in [0.2, 0.25) is 15.9 Å². The Balaban J connectivity index is 1.66. The van der Waals surface area contributed by atoms with Gasteiger partial charge in [-0.3, -0.25) is 19.0 Å². The Labute approximate surface area is 182 Å². The third-order valence-electron chi connectivity index (χ3n) is 4.47. The summed E-state index contributed by atoms with van der Waals surface area (Å²) in [4.78, 5) is 36.9. The number of carbonyl (C=O) groups excluding carboxylic acids is 1. The Morgan fingerprint density at radius 2 is 1.52 bits per heavy atom. The molecule has 0 saturated carbocycles. The summed E-state index contributed by atoms with van der Waals surface area (Å²) >= 11 is 5.80. The lowest BCUT2D eigenvalue weighted by Crippen LogP contribution is -2.42. The molecule has 0 bridgehead atoms. The van der Waals surface area contributed by atoms with E-state index in [9.17, 15) is 22.8 Å². The zero-order chi connectivity index (χ0) is 22.6. The molecule has 0 radical (unpaired) electrons. The number of primary sulfonamides is 1. The molecule has 1 aromatic heterocycles. The smallest absolute Gasteiger partial charge is 0.316 e. The summed E-state index contributed by atoms with van der Waals surface area (Å²) in [6.45, 7) is -0.104. The molecule has 0 aliphatic heterocycles. The summed E-state index contributed by atoms with van der Waals surface area (Å²) in [6, 6.07) is 12.4. The molecule has 0 saturated heterocycles. The minimum atomic E-state index is -3.77. The summed E-state index contributed by atoms with van der Waals surface area (Å²) < 4.78 is 24.9. The number of sulfonamides is 1. The fourth-order valence-electron chi connectivity index (χ4n) is 2.83. The van der Waals surface area contributed by atoms with Crippen molar-refractivity contribution < 1.29 is 13.2 Å². The number of nitrogens with one attached hydrogen (secondary N) is 1. The number of carbonyl (C=O) groups is 1. The Morgan fingerprint density at radius 3 is 2.13 bits per heavy atom. The molecule has 11 heteroatoms. The van der Waals surface area contributed by atoms with Crippen LogP contribution < -0.4 is 21.6 Å². The average Bonchev–Trinajstić information content (AvgIpc) is 2.72. The van der Waals surface area contributed by atoms with E-state index in [-0.39, 0.29) is 18.0 Å². The van der Waals surface area contributed by atoms with Crippen LogP contribution in [0.5, 0.6) is 0 Å². The fourth-order valence-corrected chi connectivity index (χ4v) is 3.47. The number of halogens is 1. The highest BCUT2D eigenvalue weighted by molar-refractivity contribution is 7.89. The number of anilines is 1. The zero-order valence-electron chi connectivity index (χ0n) is 16.2. The second-order valence-corrected chi connectivity index (χ2v) is 8.72. The second-order valence-electron chi connectivity index (χ2n) is 6.72. The van der Waals surface area contributed by atoms with Crippen LogP contribution in [-0.4, -0.2) is 23.5 Å². The van der Waals surface area contributed by atoms with E-state index in [1.807, 2.05) is 0 Å². The van der Waals surface area contributed by atoms with Gasteiger partial charge in [-0.2, -0.15) is 0 Å². The van der Waals surface area contributed by atoms with Crippen molar-refractivity contribution in [2.75, 3.05) is 5.32 Å². The first kappa shape index (κ1) is 22.5. The first-order valence-corrected chi connectivity index (χ1v) is 11.0. The SMILES string of the molecule is NS(=O)(=O)c1ccc(CCn2ccn(CC(=O)Nc3ccc(Cl)cc3)c(=O)c2=O)cc1. The van der Waals surface area contributed by atoms with E-state index in [0.717, 1.165) is 10.1 Å². The third-order valence-corrected chi connectivity index (χ3v) is 5.65. The van der Waals surface area contributed by atoms with Gasteiger partial charge in [0.05, 0.1) is 4.90 Å². The highest BCUT2D eigenvalue weighted by atomic mass is 35.5. The van der Waals surface area contributed by atoms with Gasteiger partial charge in [-0.05, 0) is 48.4 Å². The van der Waals surface area contributed by atoms with E-state index < -0.39 is 27.0 Å². The maximum absolute atomic E-state index is 12.4. The molecule has 1 amide bonds. The van der Waals surface area contributed by atoms with Gasteiger partial charge >= 0.3 is 11.1 Å². The highest BCUT2D eigenvalue weighted by Gasteiger charge is 2.10. The van der Waals surface area contributed by atoms with E-state index >= 15 is 0 Å².